The van der Waals surface area contributed by atoms with Gasteiger partial charge < -0.3 is 4.74 Å². The van der Waals surface area contributed by atoms with Gasteiger partial charge in [-0.2, -0.15) is 0 Å². The number of esters is 1. The molecule has 2 heteroatoms. The van der Waals surface area contributed by atoms with Crippen LogP contribution in [0, 0.1) is 0 Å². The van der Waals surface area contributed by atoms with Gasteiger partial charge in [-0.05, 0) is 13.3 Å². The zero-order valence-corrected chi connectivity index (χ0v) is 4.05. The van der Waals surface area contributed by atoms with Gasteiger partial charge in [0.2, 0.25) is 0 Å². The van der Waals surface area contributed by atoms with Crippen LogP contribution in [0.5, 0.6) is 0 Å². The Morgan fingerprint density at radius 2 is 2.86 bits per heavy atom. The van der Waals surface area contributed by atoms with E-state index >= 15 is 0 Å². The van der Waals surface area contributed by atoms with Gasteiger partial charge in [-0.3, -0.25) is 4.79 Å². The van der Waals surface area contributed by atoms with E-state index < -0.39 is 24.9 Å². The molecule has 7 heavy (non-hydrogen) atoms. The van der Waals surface area contributed by atoms with Gasteiger partial charge in [0.25, 0.3) is 0 Å². The lowest BCUT2D eigenvalue weighted by Crippen LogP contribution is -1.98. The second-order valence-electron chi connectivity index (χ2n) is 1.50. The molecule has 0 aromatic rings. The van der Waals surface area contributed by atoms with Crippen molar-refractivity contribution in [1.29, 1.82) is 0 Å². The van der Waals surface area contributed by atoms with Crippen LogP contribution < -0.4 is 0 Å². The normalized spacial score (nSPS) is 55.6. The average Bonchev–Trinajstić information content (AvgIpc) is 1.98. The van der Waals surface area contributed by atoms with Gasteiger partial charge in [0.15, 0.2) is 0 Å². The van der Waals surface area contributed by atoms with E-state index in [-0.39, 0.29) is 0 Å². The third-order valence-corrected chi connectivity index (χ3v) is 0.805. The molecule has 0 saturated carbocycles. The zero-order valence-electron chi connectivity index (χ0n) is 6.05. The van der Waals surface area contributed by atoms with Crippen molar-refractivity contribution in [3.05, 3.63) is 0 Å². The first-order valence-electron chi connectivity index (χ1n) is 3.33. The molecule has 40 valence electrons. The molecule has 0 aromatic heterocycles. The van der Waals surface area contributed by atoms with E-state index in [1.807, 2.05) is 0 Å². The summed E-state index contributed by atoms with van der Waals surface area (Å²) in [6, 6.07) is 0. The van der Waals surface area contributed by atoms with E-state index in [2.05, 4.69) is 4.74 Å². The Bertz CT molecular complexity index is 137. The standard InChI is InChI=1S/C5H8O2/c1-4-2-3-5(6)7-4/h4H,2-3H2,1H3/t4-/m0/s1/i2D,3D/t2-,3+,4+/m1. The van der Waals surface area contributed by atoms with Crippen LogP contribution in [0.2, 0.25) is 0 Å². The molecule has 2 nitrogen and oxygen atoms in total. The lowest BCUT2D eigenvalue weighted by molar-refractivity contribution is -0.140. The maximum Gasteiger partial charge on any atom is 0.306 e. The average molecular weight is 102 g/mol. The van der Waals surface area contributed by atoms with Crippen LogP contribution >= 0.6 is 0 Å². The van der Waals surface area contributed by atoms with E-state index in [9.17, 15) is 4.79 Å². The van der Waals surface area contributed by atoms with Crippen molar-refractivity contribution < 1.29 is 12.3 Å². The molecule has 0 spiro atoms. The van der Waals surface area contributed by atoms with Crippen LogP contribution in [0.4, 0.5) is 0 Å². The first-order valence-corrected chi connectivity index (χ1v) is 2.18. The number of carbonyl (C=O) groups is 1. The Labute approximate surface area is 45.3 Å². The van der Waals surface area contributed by atoms with Gasteiger partial charge in [0.05, 0.1) is 6.10 Å². The maximum atomic E-state index is 10.5. The summed E-state index contributed by atoms with van der Waals surface area (Å²) in [7, 11) is 0. The first-order chi connectivity index (χ1) is 4.13. The number of carbonyl (C=O) groups excluding carboxylic acids is 1. The number of cyclic esters (lactones) is 1. The van der Waals surface area contributed by atoms with Crippen LogP contribution in [0.25, 0.3) is 0 Å². The van der Waals surface area contributed by atoms with Crippen molar-refractivity contribution in [3.8, 4) is 0 Å². The Kier molecular flexibility index (Phi) is 0.587. The Morgan fingerprint density at radius 3 is 3.00 bits per heavy atom. The van der Waals surface area contributed by atoms with E-state index in [1.165, 1.54) is 0 Å². The number of ether oxygens (including phenoxy) is 1. The molecule has 3 atom stereocenters. The minimum absolute atomic E-state index is 0.403. The molecule has 1 heterocycles. The van der Waals surface area contributed by atoms with Crippen LogP contribution in [0.3, 0.4) is 0 Å². The first kappa shape index (κ1) is 2.70. The fraction of sp³-hybridized carbons (Fsp3) is 0.800. The van der Waals surface area contributed by atoms with Crippen molar-refractivity contribution in [2.24, 2.45) is 0 Å². The number of hydrogen-bond acceptors (Lipinski definition) is 2. The quantitative estimate of drug-likeness (QED) is 0.421. The fourth-order valence-corrected chi connectivity index (χ4v) is 0.476. The molecule has 1 saturated heterocycles. The van der Waals surface area contributed by atoms with Gasteiger partial charge in [-0.1, -0.05) is 0 Å². The highest BCUT2D eigenvalue weighted by molar-refractivity contribution is 5.71. The lowest BCUT2D eigenvalue weighted by atomic mass is 10.3. The summed E-state index contributed by atoms with van der Waals surface area (Å²) in [6.07, 6.45) is -2.09. The summed E-state index contributed by atoms with van der Waals surface area (Å²) < 4.78 is 18.7. The summed E-state index contributed by atoms with van der Waals surface area (Å²) in [5, 5.41) is 0. The molecule has 1 fully saturated rings. The van der Waals surface area contributed by atoms with Gasteiger partial charge >= 0.3 is 5.97 Å². The van der Waals surface area contributed by atoms with Crippen LogP contribution in [-0.2, 0) is 9.53 Å². The zero-order chi connectivity index (χ0) is 7.02. The molecule has 0 aromatic carbocycles. The Morgan fingerprint density at radius 1 is 2.14 bits per heavy atom. The van der Waals surface area contributed by atoms with Crippen molar-refractivity contribution >= 4 is 5.97 Å². The molecule has 0 unspecified atom stereocenters. The lowest BCUT2D eigenvalue weighted by Gasteiger charge is -1.95. The van der Waals surface area contributed by atoms with Gasteiger partial charge in [0, 0.05) is 9.14 Å². The molecule has 0 N–H and O–H groups in total. The highest BCUT2D eigenvalue weighted by Crippen LogP contribution is 2.11. The molecule has 0 amide bonds. The second-order valence-corrected chi connectivity index (χ2v) is 1.50. The minimum Gasteiger partial charge on any atom is -0.463 e. The highest BCUT2D eigenvalue weighted by Gasteiger charge is 2.17. The summed E-state index contributed by atoms with van der Waals surface area (Å²) >= 11 is 0. The summed E-state index contributed by atoms with van der Waals surface area (Å²) in [6.45, 7) is 1.63. The van der Waals surface area contributed by atoms with Crippen LogP contribution in [0.15, 0.2) is 0 Å². The molecular weight excluding hydrogens is 92.1 g/mol. The predicted molar refractivity (Wildman–Crippen MR) is 24.8 cm³/mol. The SMILES string of the molecule is [2H][C@H]1[C@H](C)OC(=O)[C@H]1[2H]. The van der Waals surface area contributed by atoms with Crippen molar-refractivity contribution in [1.82, 2.24) is 0 Å². The van der Waals surface area contributed by atoms with E-state index in [0.29, 0.717) is 0 Å². The highest BCUT2D eigenvalue weighted by atomic mass is 16.5. The molecule has 0 aliphatic carbocycles. The molecule has 1 rings (SSSR count). The second kappa shape index (κ2) is 1.52. The van der Waals surface area contributed by atoms with E-state index in [0.717, 1.165) is 0 Å². The molecule has 0 radical (unpaired) electrons. The maximum absolute atomic E-state index is 10.5. The third kappa shape index (κ3) is 0.918. The van der Waals surface area contributed by atoms with Crippen LogP contribution in [0.1, 0.15) is 22.5 Å². The van der Waals surface area contributed by atoms with Gasteiger partial charge in [0.1, 0.15) is 0 Å². The molecule has 1 aliphatic heterocycles. The fourth-order valence-electron chi connectivity index (χ4n) is 0.476. The Hall–Kier alpha value is -0.530. The molecule has 0 bridgehead atoms. The van der Waals surface area contributed by atoms with Gasteiger partial charge in [-0.25, -0.2) is 0 Å². The minimum atomic E-state index is -0.986. The van der Waals surface area contributed by atoms with Gasteiger partial charge in [-0.15, -0.1) is 0 Å². The van der Waals surface area contributed by atoms with Crippen molar-refractivity contribution in [2.75, 3.05) is 0 Å². The molecular formula is C5H8O2. The van der Waals surface area contributed by atoms with Crippen molar-refractivity contribution in [2.45, 2.75) is 25.8 Å². The van der Waals surface area contributed by atoms with Crippen LogP contribution in [-0.4, -0.2) is 12.1 Å². The summed E-state index contributed by atoms with van der Waals surface area (Å²) in [5.74, 6) is -0.567. The summed E-state index contributed by atoms with van der Waals surface area (Å²) in [4.78, 5) is 10.5. The number of hydrogen-bond donors (Lipinski definition) is 0. The largest absolute Gasteiger partial charge is 0.463 e. The van der Waals surface area contributed by atoms with E-state index in [1.54, 1.807) is 6.92 Å². The monoisotopic (exact) mass is 102 g/mol. The predicted octanol–water partition coefficient (Wildman–Crippen LogP) is 0.712. The Balaban J connectivity index is 2.65. The topological polar surface area (TPSA) is 26.3 Å². The third-order valence-electron chi connectivity index (χ3n) is 0.805. The van der Waals surface area contributed by atoms with Crippen molar-refractivity contribution in [3.63, 3.8) is 0 Å². The summed E-state index contributed by atoms with van der Waals surface area (Å²) in [5.41, 5.74) is 0. The molecule has 1 aliphatic rings. The smallest absolute Gasteiger partial charge is 0.306 e. The number of rotatable bonds is 0. The van der Waals surface area contributed by atoms with E-state index in [4.69, 9.17) is 2.74 Å².